The predicted octanol–water partition coefficient (Wildman–Crippen LogP) is -4.03. The van der Waals surface area contributed by atoms with Crippen molar-refractivity contribution in [2.45, 2.75) is 26.4 Å². The SMILES string of the molecule is CC(C)(C)[O-].NN.[K+]. The van der Waals surface area contributed by atoms with E-state index in [2.05, 4.69) is 11.7 Å². The molecule has 4 N–H and O–H groups in total. The van der Waals surface area contributed by atoms with Gasteiger partial charge < -0.3 is 5.11 Å². The van der Waals surface area contributed by atoms with Crippen molar-refractivity contribution in [2.24, 2.45) is 11.7 Å². The molecule has 0 unspecified atom stereocenters. The van der Waals surface area contributed by atoms with Gasteiger partial charge in [0.25, 0.3) is 0 Å². The van der Waals surface area contributed by atoms with Crippen LogP contribution in [0.5, 0.6) is 0 Å². The van der Waals surface area contributed by atoms with Gasteiger partial charge in [-0.15, -0.1) is 5.60 Å². The van der Waals surface area contributed by atoms with E-state index in [0.29, 0.717) is 0 Å². The third-order valence-corrected chi connectivity index (χ3v) is 0. The molecule has 0 radical (unpaired) electrons. The summed E-state index contributed by atoms with van der Waals surface area (Å²) in [6.45, 7) is 4.90. The van der Waals surface area contributed by atoms with E-state index in [4.69, 9.17) is 0 Å². The first kappa shape index (κ1) is 16.3. The van der Waals surface area contributed by atoms with Gasteiger partial charge in [0.1, 0.15) is 0 Å². The van der Waals surface area contributed by atoms with E-state index in [1.807, 2.05) is 0 Å². The second-order valence-electron chi connectivity index (χ2n) is 2.11. The Bertz CT molecular complexity index is 29.5. The normalized spacial score (nSPS) is 8.25. The zero-order valence-corrected chi connectivity index (χ0v) is 9.19. The monoisotopic (exact) mass is 144 g/mol. The number of hydrazine groups is 1. The molecule has 0 spiro atoms. The first-order valence-electron chi connectivity index (χ1n) is 2.04. The van der Waals surface area contributed by atoms with Gasteiger partial charge >= 0.3 is 51.4 Å². The fraction of sp³-hybridized carbons (Fsp3) is 1.00. The van der Waals surface area contributed by atoms with Crippen molar-refractivity contribution in [3.8, 4) is 0 Å². The fourth-order valence-corrected chi connectivity index (χ4v) is 0. The Morgan fingerprint density at radius 1 is 1.12 bits per heavy atom. The van der Waals surface area contributed by atoms with Crippen molar-refractivity contribution >= 4 is 0 Å². The topological polar surface area (TPSA) is 75.1 Å². The standard InChI is InChI=1S/C4H9O.K.H4N2/c1-4(2,3)5;;1-2/h1-3H3;;1-2H2/q-1;+1;. The number of hydrogen-bond acceptors (Lipinski definition) is 3. The molecule has 46 valence electrons. The van der Waals surface area contributed by atoms with Crippen LogP contribution in [0.4, 0.5) is 0 Å². The number of nitrogens with two attached hydrogens (primary N) is 2. The Morgan fingerprint density at radius 2 is 1.12 bits per heavy atom. The second kappa shape index (κ2) is 8.52. The first-order valence-corrected chi connectivity index (χ1v) is 2.04. The molecule has 0 saturated carbocycles. The summed E-state index contributed by atoms with van der Waals surface area (Å²) in [4.78, 5) is 0. The summed E-state index contributed by atoms with van der Waals surface area (Å²) in [6.07, 6.45) is 0. The van der Waals surface area contributed by atoms with Gasteiger partial charge in [0, 0.05) is 0 Å². The molecule has 0 rings (SSSR count). The molecule has 0 aliphatic heterocycles. The van der Waals surface area contributed by atoms with E-state index in [1.54, 1.807) is 20.8 Å². The summed E-state index contributed by atoms with van der Waals surface area (Å²) in [7, 11) is 0. The molecular formula is C4H13KN2O. The van der Waals surface area contributed by atoms with Gasteiger partial charge in [-0.05, 0) is 0 Å². The maximum atomic E-state index is 10.1. The van der Waals surface area contributed by atoms with Crippen LogP contribution in [0.25, 0.3) is 0 Å². The van der Waals surface area contributed by atoms with Crippen LogP contribution >= 0.6 is 0 Å². The van der Waals surface area contributed by atoms with E-state index >= 15 is 0 Å². The first-order chi connectivity index (χ1) is 3.00. The minimum Gasteiger partial charge on any atom is -0.850 e. The van der Waals surface area contributed by atoms with Crippen molar-refractivity contribution in [3.05, 3.63) is 0 Å². The summed E-state index contributed by atoms with van der Waals surface area (Å²) in [5, 5.41) is 10.1. The fourth-order valence-electron chi connectivity index (χ4n) is 0. The largest absolute Gasteiger partial charge is 1.00 e. The summed E-state index contributed by atoms with van der Waals surface area (Å²) >= 11 is 0. The quantitative estimate of drug-likeness (QED) is 0.206. The van der Waals surface area contributed by atoms with Gasteiger partial charge in [-0.2, -0.15) is 0 Å². The van der Waals surface area contributed by atoms with Crippen LogP contribution in [0, 0.1) is 0 Å². The van der Waals surface area contributed by atoms with Crippen LogP contribution in [-0.2, 0) is 0 Å². The van der Waals surface area contributed by atoms with Crippen molar-refractivity contribution in [1.82, 2.24) is 0 Å². The van der Waals surface area contributed by atoms with Gasteiger partial charge in [0.2, 0.25) is 0 Å². The van der Waals surface area contributed by atoms with Gasteiger partial charge in [-0.25, -0.2) is 0 Å². The molecule has 0 aliphatic rings. The van der Waals surface area contributed by atoms with Crippen LogP contribution in [0.1, 0.15) is 20.8 Å². The summed E-state index contributed by atoms with van der Waals surface area (Å²) in [6, 6.07) is 0. The minimum absolute atomic E-state index is 0. The Hall–Kier alpha value is 1.52. The van der Waals surface area contributed by atoms with Gasteiger partial charge in [-0.3, -0.25) is 11.7 Å². The molecule has 0 aliphatic carbocycles. The Labute approximate surface area is 93.2 Å². The van der Waals surface area contributed by atoms with E-state index in [1.165, 1.54) is 0 Å². The molecule has 3 nitrogen and oxygen atoms in total. The van der Waals surface area contributed by atoms with E-state index < -0.39 is 5.60 Å². The third-order valence-electron chi connectivity index (χ3n) is 0. The molecule has 0 saturated heterocycles. The predicted molar refractivity (Wildman–Crippen MR) is 28.1 cm³/mol. The summed E-state index contributed by atoms with van der Waals surface area (Å²) < 4.78 is 0. The van der Waals surface area contributed by atoms with Crippen LogP contribution in [-0.4, -0.2) is 5.60 Å². The third kappa shape index (κ3) is 139. The van der Waals surface area contributed by atoms with Crippen molar-refractivity contribution in [2.75, 3.05) is 0 Å². The van der Waals surface area contributed by atoms with Gasteiger partial charge in [-0.1, -0.05) is 20.8 Å². The van der Waals surface area contributed by atoms with Crippen LogP contribution in [0.15, 0.2) is 0 Å². The number of rotatable bonds is 0. The van der Waals surface area contributed by atoms with E-state index in [-0.39, 0.29) is 51.4 Å². The summed E-state index contributed by atoms with van der Waals surface area (Å²) in [5.41, 5.74) is -0.750. The molecule has 0 atom stereocenters. The molecular weight excluding hydrogens is 131 g/mol. The molecule has 8 heavy (non-hydrogen) atoms. The van der Waals surface area contributed by atoms with Crippen LogP contribution in [0.2, 0.25) is 0 Å². The molecule has 0 amide bonds. The minimum atomic E-state index is -0.750. The maximum Gasteiger partial charge on any atom is 1.00 e. The smallest absolute Gasteiger partial charge is 0.850 e. The van der Waals surface area contributed by atoms with E-state index in [9.17, 15) is 5.11 Å². The molecule has 0 bridgehead atoms. The zero-order chi connectivity index (χ0) is 6.50. The van der Waals surface area contributed by atoms with Crippen molar-refractivity contribution < 1.29 is 56.5 Å². The number of hydrogen-bond donors (Lipinski definition) is 2. The molecule has 0 aromatic heterocycles. The summed E-state index contributed by atoms with van der Waals surface area (Å²) in [5.74, 6) is 8.00. The Morgan fingerprint density at radius 3 is 1.12 bits per heavy atom. The maximum absolute atomic E-state index is 10.1. The molecule has 0 heterocycles. The van der Waals surface area contributed by atoms with Crippen LogP contribution in [0.3, 0.4) is 0 Å². The van der Waals surface area contributed by atoms with E-state index in [0.717, 1.165) is 0 Å². The Balaban J connectivity index is -0.0000000750. The molecule has 0 aromatic carbocycles. The van der Waals surface area contributed by atoms with Crippen LogP contribution < -0.4 is 68.2 Å². The average molecular weight is 144 g/mol. The van der Waals surface area contributed by atoms with Crippen molar-refractivity contribution in [3.63, 3.8) is 0 Å². The van der Waals surface area contributed by atoms with Gasteiger partial charge in [0.15, 0.2) is 0 Å². The zero-order valence-electron chi connectivity index (χ0n) is 6.06. The second-order valence-corrected chi connectivity index (χ2v) is 2.11. The molecule has 0 fully saturated rings. The Kier molecular flexibility index (Phi) is 17.3. The van der Waals surface area contributed by atoms with Crippen molar-refractivity contribution in [1.29, 1.82) is 0 Å². The average Bonchev–Trinajstić information content (AvgIpc) is 1.36. The molecule has 0 aromatic rings. The van der Waals surface area contributed by atoms with Gasteiger partial charge in [0.05, 0.1) is 0 Å². The molecule has 4 heteroatoms.